The second kappa shape index (κ2) is 10.9. The minimum absolute atomic E-state index is 0.0133. The van der Waals surface area contributed by atoms with E-state index in [2.05, 4.69) is 10.6 Å². The van der Waals surface area contributed by atoms with E-state index in [1.807, 2.05) is 0 Å². The molecule has 0 spiro atoms. The number of ether oxygens (including phenoxy) is 4. The molecule has 0 aliphatic heterocycles. The smallest absolute Gasteiger partial charge is 0.246 e. The Balaban J connectivity index is 2.18. The Morgan fingerprint density at radius 2 is 1.56 bits per heavy atom. The Labute approximate surface area is 188 Å². The number of carbonyl (C=O) groups excluding carboxylic acids is 1. The first-order valence-electron chi connectivity index (χ1n) is 9.71. The van der Waals surface area contributed by atoms with E-state index in [0.717, 1.165) is 4.31 Å². The van der Waals surface area contributed by atoms with E-state index < -0.39 is 10.0 Å². The molecule has 2 rings (SSSR count). The molecule has 10 nitrogen and oxygen atoms in total. The van der Waals surface area contributed by atoms with Gasteiger partial charge in [0.1, 0.15) is 10.6 Å². The second-order valence-electron chi connectivity index (χ2n) is 6.70. The summed E-state index contributed by atoms with van der Waals surface area (Å²) in [5.74, 6) is 1.11. The zero-order chi connectivity index (χ0) is 23.9. The van der Waals surface area contributed by atoms with Gasteiger partial charge in [0.15, 0.2) is 11.5 Å². The Kier molecular flexibility index (Phi) is 8.56. The van der Waals surface area contributed by atoms with Crippen molar-refractivity contribution in [3.63, 3.8) is 0 Å². The maximum Gasteiger partial charge on any atom is 0.246 e. The van der Waals surface area contributed by atoms with Crippen LogP contribution in [0.3, 0.4) is 0 Å². The van der Waals surface area contributed by atoms with Crippen LogP contribution >= 0.6 is 0 Å². The molecule has 0 atom stereocenters. The van der Waals surface area contributed by atoms with E-state index in [4.69, 9.17) is 18.9 Å². The molecule has 0 fully saturated rings. The van der Waals surface area contributed by atoms with Crippen molar-refractivity contribution >= 4 is 27.3 Å². The van der Waals surface area contributed by atoms with Gasteiger partial charge >= 0.3 is 0 Å². The fourth-order valence-corrected chi connectivity index (χ4v) is 3.88. The van der Waals surface area contributed by atoms with Gasteiger partial charge in [0.2, 0.25) is 21.7 Å². The molecular weight excluding hydrogens is 438 g/mol. The van der Waals surface area contributed by atoms with Gasteiger partial charge in [-0.3, -0.25) is 4.79 Å². The van der Waals surface area contributed by atoms with Crippen LogP contribution < -0.4 is 29.6 Å². The van der Waals surface area contributed by atoms with Crippen LogP contribution in [0.5, 0.6) is 23.0 Å². The fourth-order valence-electron chi connectivity index (χ4n) is 2.83. The quantitative estimate of drug-likeness (QED) is 0.518. The topological polar surface area (TPSA) is 115 Å². The molecule has 2 aromatic carbocycles. The molecule has 1 amide bonds. The van der Waals surface area contributed by atoms with Gasteiger partial charge in [0.05, 0.1) is 34.5 Å². The number of sulfonamides is 1. The molecule has 0 bridgehead atoms. The van der Waals surface area contributed by atoms with Gasteiger partial charge in [0, 0.05) is 37.6 Å². The van der Waals surface area contributed by atoms with Crippen molar-refractivity contribution in [3.05, 3.63) is 30.3 Å². The lowest BCUT2D eigenvalue weighted by Crippen LogP contribution is -2.24. The Bertz CT molecular complexity index is 1030. The summed E-state index contributed by atoms with van der Waals surface area (Å²) in [6.07, 6.45) is 0. The number of carbonyl (C=O) groups is 1. The van der Waals surface area contributed by atoms with E-state index >= 15 is 0 Å². The number of hydrogen-bond donors (Lipinski definition) is 2. The summed E-state index contributed by atoms with van der Waals surface area (Å²) < 4.78 is 47.7. The van der Waals surface area contributed by atoms with Crippen LogP contribution in [0.4, 0.5) is 11.4 Å². The highest BCUT2D eigenvalue weighted by molar-refractivity contribution is 7.89. The van der Waals surface area contributed by atoms with E-state index in [0.29, 0.717) is 35.2 Å². The highest BCUT2D eigenvalue weighted by Crippen LogP contribution is 2.39. The number of hydrogen-bond acceptors (Lipinski definition) is 8. The molecule has 0 unspecified atom stereocenters. The SMILES string of the molecule is CCOc1ccc(NCC(=O)Nc2cc(OC)c(OC)c(OC)c2)cc1S(=O)(=O)N(C)C. The predicted molar refractivity (Wildman–Crippen MR) is 122 cm³/mol. The van der Waals surface area contributed by atoms with Crippen LogP contribution in [0, 0.1) is 0 Å². The maximum atomic E-state index is 12.6. The van der Waals surface area contributed by atoms with Gasteiger partial charge < -0.3 is 29.6 Å². The van der Waals surface area contributed by atoms with Crippen molar-refractivity contribution in [2.45, 2.75) is 11.8 Å². The summed E-state index contributed by atoms with van der Waals surface area (Å²) in [7, 11) is 3.60. The molecule has 0 aliphatic rings. The van der Waals surface area contributed by atoms with E-state index in [1.54, 1.807) is 31.2 Å². The number of nitrogens with one attached hydrogen (secondary N) is 2. The highest BCUT2D eigenvalue weighted by Gasteiger charge is 2.23. The van der Waals surface area contributed by atoms with Gasteiger partial charge in [0.25, 0.3) is 0 Å². The van der Waals surface area contributed by atoms with Gasteiger partial charge in [-0.15, -0.1) is 0 Å². The first-order chi connectivity index (χ1) is 15.2. The summed E-state index contributed by atoms with van der Waals surface area (Å²) in [5.41, 5.74) is 0.905. The molecular formula is C21H29N3O7S. The maximum absolute atomic E-state index is 12.6. The van der Waals surface area contributed by atoms with Crippen molar-refractivity contribution in [3.8, 4) is 23.0 Å². The second-order valence-corrected chi connectivity index (χ2v) is 8.82. The summed E-state index contributed by atoms with van der Waals surface area (Å²) in [6, 6.07) is 7.86. The lowest BCUT2D eigenvalue weighted by Gasteiger charge is -2.17. The van der Waals surface area contributed by atoms with Crippen LogP contribution in [0.1, 0.15) is 6.92 Å². The lowest BCUT2D eigenvalue weighted by molar-refractivity contribution is -0.114. The molecule has 0 saturated carbocycles. The zero-order valence-electron chi connectivity index (χ0n) is 19.0. The first-order valence-corrected chi connectivity index (χ1v) is 11.1. The molecule has 0 radical (unpaired) electrons. The summed E-state index contributed by atoms with van der Waals surface area (Å²) in [6.45, 7) is 1.98. The minimum atomic E-state index is -3.73. The van der Waals surface area contributed by atoms with Crippen molar-refractivity contribution in [1.82, 2.24) is 4.31 Å². The van der Waals surface area contributed by atoms with Gasteiger partial charge in [-0.1, -0.05) is 0 Å². The van der Waals surface area contributed by atoms with Crippen LogP contribution in [-0.4, -0.2) is 67.2 Å². The zero-order valence-corrected chi connectivity index (χ0v) is 19.8. The molecule has 2 N–H and O–H groups in total. The summed E-state index contributed by atoms with van der Waals surface area (Å²) in [5, 5.41) is 5.67. The number of anilines is 2. The van der Waals surface area contributed by atoms with E-state index in [1.165, 1.54) is 41.5 Å². The standard InChI is InChI=1S/C21H29N3O7S/c1-7-31-16-9-8-14(12-19(16)32(26,27)24(2)3)22-13-20(25)23-15-10-17(28-4)21(30-6)18(11-15)29-5/h8-12,22H,7,13H2,1-6H3,(H,23,25). The number of nitrogens with zero attached hydrogens (tertiary/aromatic N) is 1. The van der Waals surface area contributed by atoms with Crippen molar-refractivity contribution < 1.29 is 32.2 Å². The van der Waals surface area contributed by atoms with E-state index in [9.17, 15) is 13.2 Å². The van der Waals surface area contributed by atoms with Crippen LogP contribution in [-0.2, 0) is 14.8 Å². The molecule has 0 aliphatic carbocycles. The third-order valence-electron chi connectivity index (χ3n) is 4.40. The highest BCUT2D eigenvalue weighted by atomic mass is 32.2. The number of methoxy groups -OCH3 is 3. The molecule has 0 saturated heterocycles. The number of rotatable bonds is 11. The van der Waals surface area contributed by atoms with Gasteiger partial charge in [-0.05, 0) is 25.1 Å². The molecule has 0 aromatic heterocycles. The van der Waals surface area contributed by atoms with E-state index in [-0.39, 0.29) is 23.1 Å². The van der Waals surface area contributed by atoms with Crippen LogP contribution in [0.25, 0.3) is 0 Å². The molecule has 0 heterocycles. The van der Waals surface area contributed by atoms with Gasteiger partial charge in [-0.25, -0.2) is 12.7 Å². The van der Waals surface area contributed by atoms with Crippen molar-refractivity contribution in [2.75, 3.05) is 59.2 Å². The fraction of sp³-hybridized carbons (Fsp3) is 0.381. The third-order valence-corrected chi connectivity index (χ3v) is 6.24. The largest absolute Gasteiger partial charge is 0.493 e. The van der Waals surface area contributed by atoms with Crippen LogP contribution in [0.15, 0.2) is 35.2 Å². The summed E-state index contributed by atoms with van der Waals surface area (Å²) in [4.78, 5) is 12.5. The average Bonchev–Trinajstić information content (AvgIpc) is 2.77. The Hall–Kier alpha value is -3.18. The minimum Gasteiger partial charge on any atom is -0.493 e. The molecule has 2 aromatic rings. The predicted octanol–water partition coefficient (Wildman–Crippen LogP) is 2.41. The Morgan fingerprint density at radius 1 is 0.938 bits per heavy atom. The number of amides is 1. The molecule has 176 valence electrons. The average molecular weight is 468 g/mol. The van der Waals surface area contributed by atoms with Crippen molar-refractivity contribution in [2.24, 2.45) is 0 Å². The third kappa shape index (κ3) is 5.74. The van der Waals surface area contributed by atoms with Gasteiger partial charge in [-0.2, -0.15) is 0 Å². The van der Waals surface area contributed by atoms with Crippen LogP contribution in [0.2, 0.25) is 0 Å². The monoisotopic (exact) mass is 467 g/mol. The normalized spacial score (nSPS) is 11.1. The van der Waals surface area contributed by atoms with Crippen molar-refractivity contribution in [1.29, 1.82) is 0 Å². The molecule has 32 heavy (non-hydrogen) atoms. The molecule has 11 heteroatoms. The first kappa shape index (κ1) is 25.1. The lowest BCUT2D eigenvalue weighted by atomic mass is 10.2. The number of benzene rings is 2. The Morgan fingerprint density at radius 3 is 2.06 bits per heavy atom. The summed E-state index contributed by atoms with van der Waals surface area (Å²) >= 11 is 0.